The minimum Gasteiger partial charge on any atom is -0.321 e. The van der Waals surface area contributed by atoms with Gasteiger partial charge in [0.15, 0.2) is 5.13 Å². The van der Waals surface area contributed by atoms with Crippen LogP contribution in [0.15, 0.2) is 54.6 Å². The molecular formula is C22H17Cl2N5O2S. The number of aromatic nitrogens is 3. The zero-order valence-corrected chi connectivity index (χ0v) is 19.3. The Balaban J connectivity index is 1.53. The van der Waals surface area contributed by atoms with Gasteiger partial charge < -0.3 is 5.32 Å². The fraction of sp³-hybridized carbons (Fsp3) is 0.0909. The number of hydrogen-bond donors (Lipinski definition) is 2. The van der Waals surface area contributed by atoms with Gasteiger partial charge >= 0.3 is 0 Å². The molecule has 162 valence electrons. The van der Waals surface area contributed by atoms with Crippen LogP contribution in [0.2, 0.25) is 10.2 Å². The van der Waals surface area contributed by atoms with E-state index in [2.05, 4.69) is 20.7 Å². The average Bonchev–Trinajstić information content (AvgIpc) is 3.28. The summed E-state index contributed by atoms with van der Waals surface area (Å²) in [6.45, 7) is 3.41. The summed E-state index contributed by atoms with van der Waals surface area (Å²) < 4.78 is 1.50. The molecule has 0 saturated carbocycles. The number of rotatable bonds is 5. The van der Waals surface area contributed by atoms with Crippen molar-refractivity contribution in [2.75, 3.05) is 10.6 Å². The molecule has 0 aliphatic rings. The second kappa shape index (κ2) is 9.12. The molecule has 4 rings (SSSR count). The van der Waals surface area contributed by atoms with Crippen molar-refractivity contribution in [3.63, 3.8) is 0 Å². The Bertz CT molecular complexity index is 1300. The molecule has 2 heterocycles. The standard InChI is InChI=1S/C22H17Cl2N5O2S/c1-12-17(19(24)29(28-12)16-6-4-3-5-7-16)20(30)27-22-25-13(2)18(32-22)21(31)26-15-10-8-14(23)9-11-15/h3-11H,1-2H3,(H,26,31)(H,25,27,30). The molecule has 0 fully saturated rings. The quantitative estimate of drug-likeness (QED) is 0.376. The highest BCUT2D eigenvalue weighted by Gasteiger charge is 2.23. The van der Waals surface area contributed by atoms with Gasteiger partial charge in [0.25, 0.3) is 11.8 Å². The predicted molar refractivity (Wildman–Crippen MR) is 128 cm³/mol. The van der Waals surface area contributed by atoms with Crippen molar-refractivity contribution in [2.45, 2.75) is 13.8 Å². The number of anilines is 2. The van der Waals surface area contributed by atoms with E-state index in [1.807, 2.05) is 30.3 Å². The van der Waals surface area contributed by atoms with Gasteiger partial charge in [0.05, 0.1) is 17.1 Å². The Morgan fingerprint density at radius 2 is 1.59 bits per heavy atom. The van der Waals surface area contributed by atoms with Gasteiger partial charge in [-0.15, -0.1) is 0 Å². The third kappa shape index (κ3) is 4.52. The molecule has 10 heteroatoms. The van der Waals surface area contributed by atoms with Crippen molar-refractivity contribution in [1.82, 2.24) is 14.8 Å². The van der Waals surface area contributed by atoms with Crippen LogP contribution in [0.4, 0.5) is 10.8 Å². The van der Waals surface area contributed by atoms with Gasteiger partial charge in [-0.25, -0.2) is 9.67 Å². The number of carbonyl (C=O) groups is 2. The van der Waals surface area contributed by atoms with Crippen molar-refractivity contribution in [3.05, 3.63) is 86.6 Å². The minimum atomic E-state index is -0.451. The topological polar surface area (TPSA) is 88.9 Å². The zero-order chi connectivity index (χ0) is 22.8. The van der Waals surface area contributed by atoms with Crippen molar-refractivity contribution in [2.24, 2.45) is 0 Å². The van der Waals surface area contributed by atoms with E-state index in [1.165, 1.54) is 4.68 Å². The van der Waals surface area contributed by atoms with Crippen LogP contribution in [-0.4, -0.2) is 26.6 Å². The number of hydrogen-bond acceptors (Lipinski definition) is 5. The monoisotopic (exact) mass is 485 g/mol. The van der Waals surface area contributed by atoms with Crippen molar-refractivity contribution in [3.8, 4) is 5.69 Å². The summed E-state index contributed by atoms with van der Waals surface area (Å²) in [5, 5.41) is 11.0. The highest BCUT2D eigenvalue weighted by atomic mass is 35.5. The molecule has 2 N–H and O–H groups in total. The number of halogens is 2. The van der Waals surface area contributed by atoms with Crippen LogP contribution < -0.4 is 10.6 Å². The van der Waals surface area contributed by atoms with E-state index in [-0.39, 0.29) is 21.8 Å². The highest BCUT2D eigenvalue weighted by Crippen LogP contribution is 2.28. The maximum atomic E-state index is 12.9. The van der Waals surface area contributed by atoms with Gasteiger partial charge in [0.1, 0.15) is 15.6 Å². The Kier molecular flexibility index (Phi) is 6.27. The molecule has 2 aromatic heterocycles. The second-order valence-corrected chi connectivity index (χ2v) is 8.64. The number of carbonyl (C=O) groups excluding carboxylic acids is 2. The molecule has 0 atom stereocenters. The molecule has 2 amide bonds. The number of thiazole rings is 1. The average molecular weight is 486 g/mol. The number of amides is 2. The lowest BCUT2D eigenvalue weighted by Gasteiger charge is -2.04. The molecule has 32 heavy (non-hydrogen) atoms. The van der Waals surface area contributed by atoms with Crippen LogP contribution in [-0.2, 0) is 0 Å². The largest absolute Gasteiger partial charge is 0.321 e. The molecule has 0 radical (unpaired) electrons. The maximum absolute atomic E-state index is 12.9. The van der Waals surface area contributed by atoms with Gasteiger partial charge in [-0.2, -0.15) is 5.10 Å². The van der Waals surface area contributed by atoms with Crippen LogP contribution in [0.5, 0.6) is 0 Å². The lowest BCUT2D eigenvalue weighted by atomic mass is 10.2. The molecule has 0 aliphatic heterocycles. The second-order valence-electron chi connectivity index (χ2n) is 6.85. The Morgan fingerprint density at radius 1 is 0.906 bits per heavy atom. The Labute approximate surface area is 198 Å². The summed E-state index contributed by atoms with van der Waals surface area (Å²) in [5.41, 5.74) is 2.57. The van der Waals surface area contributed by atoms with Gasteiger partial charge in [-0.1, -0.05) is 52.7 Å². The summed E-state index contributed by atoms with van der Waals surface area (Å²) in [4.78, 5) is 30.3. The maximum Gasteiger partial charge on any atom is 0.267 e. The Hall–Kier alpha value is -3.20. The predicted octanol–water partition coefficient (Wildman–Crippen LogP) is 5.76. The summed E-state index contributed by atoms with van der Waals surface area (Å²) in [7, 11) is 0. The van der Waals surface area contributed by atoms with E-state index >= 15 is 0 Å². The molecular weight excluding hydrogens is 469 g/mol. The first kappa shape index (κ1) is 22.0. The smallest absolute Gasteiger partial charge is 0.267 e. The van der Waals surface area contributed by atoms with Gasteiger partial charge in [-0.05, 0) is 50.2 Å². The Morgan fingerprint density at radius 3 is 2.28 bits per heavy atom. The van der Waals surface area contributed by atoms with Gasteiger partial charge in [0, 0.05) is 10.7 Å². The first-order valence-corrected chi connectivity index (χ1v) is 11.1. The summed E-state index contributed by atoms with van der Waals surface area (Å²) in [5.74, 6) is -0.776. The third-order valence-electron chi connectivity index (χ3n) is 4.56. The van der Waals surface area contributed by atoms with Crippen molar-refractivity contribution >= 4 is 57.2 Å². The van der Waals surface area contributed by atoms with Crippen LogP contribution in [0.3, 0.4) is 0 Å². The van der Waals surface area contributed by atoms with Crippen LogP contribution in [0.25, 0.3) is 5.69 Å². The number of benzene rings is 2. The van der Waals surface area contributed by atoms with Crippen molar-refractivity contribution in [1.29, 1.82) is 0 Å². The molecule has 2 aromatic carbocycles. The first-order chi connectivity index (χ1) is 15.3. The zero-order valence-electron chi connectivity index (χ0n) is 17.0. The fourth-order valence-corrected chi connectivity index (χ4v) is 4.38. The lowest BCUT2D eigenvalue weighted by Crippen LogP contribution is -2.13. The molecule has 4 aromatic rings. The number of nitrogens with zero attached hydrogens (tertiary/aromatic N) is 3. The van der Waals surface area contributed by atoms with E-state index in [4.69, 9.17) is 23.2 Å². The molecule has 0 saturated heterocycles. The molecule has 0 unspecified atom stereocenters. The summed E-state index contributed by atoms with van der Waals surface area (Å²) in [6, 6.07) is 16.1. The minimum absolute atomic E-state index is 0.195. The summed E-state index contributed by atoms with van der Waals surface area (Å²) in [6.07, 6.45) is 0. The van der Waals surface area contributed by atoms with E-state index in [1.54, 1.807) is 38.1 Å². The first-order valence-electron chi connectivity index (χ1n) is 9.49. The molecule has 0 spiro atoms. The van der Waals surface area contributed by atoms with Crippen LogP contribution >= 0.6 is 34.5 Å². The SMILES string of the molecule is Cc1nc(NC(=O)c2c(C)nn(-c3ccccc3)c2Cl)sc1C(=O)Nc1ccc(Cl)cc1. The highest BCUT2D eigenvalue weighted by molar-refractivity contribution is 7.17. The summed E-state index contributed by atoms with van der Waals surface area (Å²) >= 11 is 13.4. The third-order valence-corrected chi connectivity index (χ3v) is 6.23. The molecule has 7 nitrogen and oxygen atoms in total. The number of nitrogens with one attached hydrogen (secondary N) is 2. The molecule has 0 bridgehead atoms. The number of aryl methyl sites for hydroxylation is 2. The van der Waals surface area contributed by atoms with Crippen LogP contribution in [0, 0.1) is 13.8 Å². The lowest BCUT2D eigenvalue weighted by molar-refractivity contribution is 0.101. The number of para-hydroxylation sites is 1. The fourth-order valence-electron chi connectivity index (χ4n) is 3.04. The van der Waals surface area contributed by atoms with E-state index in [0.717, 1.165) is 17.0 Å². The van der Waals surface area contributed by atoms with E-state index < -0.39 is 5.91 Å². The van der Waals surface area contributed by atoms with E-state index in [0.29, 0.717) is 27.0 Å². The van der Waals surface area contributed by atoms with Crippen molar-refractivity contribution < 1.29 is 9.59 Å². The van der Waals surface area contributed by atoms with Gasteiger partial charge in [0.2, 0.25) is 0 Å². The normalized spacial score (nSPS) is 10.8. The van der Waals surface area contributed by atoms with Crippen LogP contribution in [0.1, 0.15) is 31.4 Å². The van der Waals surface area contributed by atoms with Gasteiger partial charge in [-0.3, -0.25) is 14.9 Å². The molecule has 0 aliphatic carbocycles. The van der Waals surface area contributed by atoms with E-state index in [9.17, 15) is 9.59 Å².